The highest BCUT2D eigenvalue weighted by molar-refractivity contribution is 5.91. The molecule has 0 unspecified atom stereocenters. The van der Waals surface area contributed by atoms with E-state index in [1.165, 1.54) is 11.1 Å². The van der Waals surface area contributed by atoms with Crippen LogP contribution >= 0.6 is 0 Å². The van der Waals surface area contributed by atoms with Crippen LogP contribution in [0.4, 0.5) is 16.3 Å². The first-order valence-electron chi connectivity index (χ1n) is 10.8. The summed E-state index contributed by atoms with van der Waals surface area (Å²) in [5.41, 5.74) is 3.52. The summed E-state index contributed by atoms with van der Waals surface area (Å²) >= 11 is 0. The smallest absolute Gasteiger partial charge is 0.321 e. The summed E-state index contributed by atoms with van der Waals surface area (Å²) in [5, 5.41) is 3.16. The molecule has 6 nitrogen and oxygen atoms in total. The van der Waals surface area contributed by atoms with E-state index in [0.29, 0.717) is 6.04 Å². The number of hydrogen-bond donors (Lipinski definition) is 1. The Kier molecular flexibility index (Phi) is 5.10. The summed E-state index contributed by atoms with van der Waals surface area (Å²) < 4.78 is 0. The number of nitrogens with zero attached hydrogens (tertiary/aromatic N) is 4. The number of aromatic nitrogens is 1. The Labute approximate surface area is 172 Å². The Hall–Kier alpha value is -2.60. The van der Waals surface area contributed by atoms with Gasteiger partial charge in [-0.3, -0.25) is 4.90 Å². The van der Waals surface area contributed by atoms with Crippen molar-refractivity contribution in [3.05, 3.63) is 53.7 Å². The zero-order chi connectivity index (χ0) is 19.6. The van der Waals surface area contributed by atoms with Gasteiger partial charge >= 0.3 is 6.03 Å². The van der Waals surface area contributed by atoms with Gasteiger partial charge in [0, 0.05) is 57.1 Å². The van der Waals surface area contributed by atoms with Crippen molar-refractivity contribution in [1.29, 1.82) is 0 Å². The van der Waals surface area contributed by atoms with Crippen LogP contribution in [-0.4, -0.2) is 59.6 Å². The molecule has 2 fully saturated rings. The Morgan fingerprint density at radius 2 is 1.90 bits per heavy atom. The molecule has 6 heteroatoms. The number of benzene rings is 1. The van der Waals surface area contributed by atoms with Crippen LogP contribution in [0.2, 0.25) is 0 Å². The Bertz CT molecular complexity index is 865. The average molecular weight is 392 g/mol. The van der Waals surface area contributed by atoms with E-state index in [4.69, 9.17) is 4.98 Å². The number of anilines is 2. The second-order valence-electron chi connectivity index (χ2n) is 8.39. The molecule has 0 spiro atoms. The van der Waals surface area contributed by atoms with Gasteiger partial charge in [0.25, 0.3) is 0 Å². The van der Waals surface area contributed by atoms with Gasteiger partial charge in [0.2, 0.25) is 0 Å². The molecule has 2 saturated heterocycles. The van der Waals surface area contributed by atoms with Gasteiger partial charge in [-0.25, -0.2) is 9.78 Å². The zero-order valence-corrected chi connectivity index (χ0v) is 16.9. The van der Waals surface area contributed by atoms with Crippen molar-refractivity contribution in [2.75, 3.05) is 42.9 Å². The fraction of sp³-hybridized carbons (Fsp3) is 0.478. The molecule has 1 aromatic heterocycles. The molecule has 152 valence electrons. The van der Waals surface area contributed by atoms with Gasteiger partial charge in [0.1, 0.15) is 5.82 Å². The first kappa shape index (κ1) is 18.4. The lowest BCUT2D eigenvalue weighted by atomic mass is 9.95. The molecule has 4 heterocycles. The normalized spacial score (nSPS) is 21.6. The van der Waals surface area contributed by atoms with Crippen molar-refractivity contribution in [3.63, 3.8) is 0 Å². The first-order valence-corrected chi connectivity index (χ1v) is 10.8. The van der Waals surface area contributed by atoms with Crippen LogP contribution in [0.3, 0.4) is 0 Å². The average Bonchev–Trinajstić information content (AvgIpc) is 3.29. The largest absolute Gasteiger partial charge is 0.351 e. The van der Waals surface area contributed by atoms with Crippen LogP contribution in [0.1, 0.15) is 30.4 Å². The molecule has 0 saturated carbocycles. The van der Waals surface area contributed by atoms with Crippen molar-refractivity contribution in [1.82, 2.24) is 14.8 Å². The molecule has 1 aromatic carbocycles. The molecular weight excluding hydrogens is 362 g/mol. The molecular formula is C23H29N5O. The third-order valence-electron chi connectivity index (χ3n) is 6.48. The van der Waals surface area contributed by atoms with E-state index < -0.39 is 0 Å². The number of carbonyl (C=O) groups is 1. The van der Waals surface area contributed by atoms with Crippen molar-refractivity contribution >= 4 is 17.5 Å². The van der Waals surface area contributed by atoms with E-state index in [1.807, 2.05) is 17.2 Å². The third kappa shape index (κ3) is 3.81. The minimum atomic E-state index is 0.0331. The van der Waals surface area contributed by atoms with Gasteiger partial charge in [-0.1, -0.05) is 30.3 Å². The number of amides is 2. The van der Waals surface area contributed by atoms with E-state index in [9.17, 15) is 4.79 Å². The van der Waals surface area contributed by atoms with Gasteiger partial charge in [0.05, 0.1) is 5.69 Å². The molecule has 2 aromatic rings. The van der Waals surface area contributed by atoms with E-state index in [-0.39, 0.29) is 6.03 Å². The molecule has 0 aliphatic carbocycles. The molecule has 3 aliphatic rings. The summed E-state index contributed by atoms with van der Waals surface area (Å²) in [5.74, 6) is 1.07. The van der Waals surface area contributed by atoms with Crippen LogP contribution < -0.4 is 10.2 Å². The predicted molar refractivity (Wildman–Crippen MR) is 115 cm³/mol. The monoisotopic (exact) mass is 391 g/mol. The molecule has 29 heavy (non-hydrogen) atoms. The lowest BCUT2D eigenvalue weighted by Crippen LogP contribution is -2.55. The van der Waals surface area contributed by atoms with Crippen molar-refractivity contribution in [2.24, 2.45) is 0 Å². The van der Waals surface area contributed by atoms with E-state index in [1.54, 1.807) is 0 Å². The Morgan fingerprint density at radius 1 is 1.07 bits per heavy atom. The maximum absolute atomic E-state index is 12.6. The minimum Gasteiger partial charge on any atom is -0.351 e. The van der Waals surface area contributed by atoms with Crippen molar-refractivity contribution < 1.29 is 4.79 Å². The number of piperazine rings is 1. The van der Waals surface area contributed by atoms with E-state index >= 15 is 0 Å². The maximum Gasteiger partial charge on any atom is 0.321 e. The highest BCUT2D eigenvalue weighted by Gasteiger charge is 2.34. The number of hydrogen-bond acceptors (Lipinski definition) is 4. The number of carbonyl (C=O) groups excluding carboxylic acids is 1. The quantitative estimate of drug-likeness (QED) is 0.872. The number of pyridine rings is 1. The fourth-order valence-corrected chi connectivity index (χ4v) is 4.95. The minimum absolute atomic E-state index is 0.0331. The number of urea groups is 1. The van der Waals surface area contributed by atoms with Gasteiger partial charge in [0.15, 0.2) is 0 Å². The van der Waals surface area contributed by atoms with E-state index in [2.05, 4.69) is 45.4 Å². The predicted octanol–water partition coefficient (Wildman–Crippen LogP) is 3.35. The Balaban J connectivity index is 1.29. The number of rotatable bonds is 3. The molecule has 5 rings (SSSR count). The summed E-state index contributed by atoms with van der Waals surface area (Å²) in [6.45, 7) is 5.84. The van der Waals surface area contributed by atoms with Gasteiger partial charge < -0.3 is 15.1 Å². The van der Waals surface area contributed by atoms with Crippen LogP contribution in [-0.2, 0) is 13.0 Å². The van der Waals surface area contributed by atoms with Gasteiger partial charge in [-0.15, -0.1) is 0 Å². The van der Waals surface area contributed by atoms with Crippen molar-refractivity contribution in [3.8, 4) is 0 Å². The third-order valence-corrected chi connectivity index (χ3v) is 6.48. The molecule has 0 radical (unpaired) electrons. The maximum atomic E-state index is 12.6. The number of nitrogens with one attached hydrogen (secondary N) is 1. The van der Waals surface area contributed by atoms with E-state index in [0.717, 1.165) is 76.5 Å². The number of likely N-dealkylation sites (tertiary alicyclic amines) is 1. The van der Waals surface area contributed by atoms with Crippen LogP contribution in [0.15, 0.2) is 42.6 Å². The molecule has 1 N–H and O–H groups in total. The van der Waals surface area contributed by atoms with Gasteiger partial charge in [-0.2, -0.15) is 0 Å². The van der Waals surface area contributed by atoms with Crippen LogP contribution in [0.5, 0.6) is 0 Å². The number of fused-ring (bicyclic) bond motifs is 3. The Morgan fingerprint density at radius 3 is 2.72 bits per heavy atom. The SMILES string of the molecule is O=C(Nc1ccnc2c1CC[C@@H]1CN(Cc3ccccc3)CCN21)N1CCCC1. The second-order valence-corrected chi connectivity index (χ2v) is 8.39. The summed E-state index contributed by atoms with van der Waals surface area (Å²) in [7, 11) is 0. The molecule has 0 bridgehead atoms. The first-order chi connectivity index (χ1) is 14.3. The topological polar surface area (TPSA) is 51.7 Å². The van der Waals surface area contributed by atoms with Crippen LogP contribution in [0.25, 0.3) is 0 Å². The lowest BCUT2D eigenvalue weighted by molar-refractivity contribution is 0.206. The highest BCUT2D eigenvalue weighted by Crippen LogP contribution is 2.35. The summed E-state index contributed by atoms with van der Waals surface area (Å²) in [6.07, 6.45) is 6.14. The lowest BCUT2D eigenvalue weighted by Gasteiger charge is -2.45. The van der Waals surface area contributed by atoms with Gasteiger partial charge in [-0.05, 0) is 37.3 Å². The van der Waals surface area contributed by atoms with Crippen molar-refractivity contribution in [2.45, 2.75) is 38.3 Å². The fourth-order valence-electron chi connectivity index (χ4n) is 4.95. The van der Waals surface area contributed by atoms with Crippen LogP contribution in [0, 0.1) is 0 Å². The second kappa shape index (κ2) is 8.03. The summed E-state index contributed by atoms with van der Waals surface area (Å²) in [4.78, 5) is 24.2. The standard InChI is InChI=1S/C23H29N5O/c29-23(27-12-4-5-13-27)25-21-10-11-24-22-20(21)9-8-19-17-26(14-15-28(19)22)16-18-6-2-1-3-7-18/h1-3,6-7,10-11,19H,4-5,8-9,12-17H2,(H,24,25,29)/t19-/m1/s1. The summed E-state index contributed by atoms with van der Waals surface area (Å²) in [6, 6.07) is 13.2. The molecule has 3 aliphatic heterocycles. The zero-order valence-electron chi connectivity index (χ0n) is 16.9. The highest BCUT2D eigenvalue weighted by atomic mass is 16.2. The molecule has 2 amide bonds. The molecule has 1 atom stereocenters.